The van der Waals surface area contributed by atoms with E-state index in [9.17, 15) is 4.79 Å². The molecule has 4 nitrogen and oxygen atoms in total. The summed E-state index contributed by atoms with van der Waals surface area (Å²) in [5.74, 6) is -0.00766. The molecule has 1 aromatic carbocycles. The van der Waals surface area contributed by atoms with Gasteiger partial charge in [0.05, 0.1) is 13.2 Å². The number of amides is 1. The summed E-state index contributed by atoms with van der Waals surface area (Å²) in [4.78, 5) is 11.8. The maximum atomic E-state index is 11.8. The van der Waals surface area contributed by atoms with Gasteiger partial charge in [0.1, 0.15) is 0 Å². The first-order valence-electron chi connectivity index (χ1n) is 6.42. The predicted octanol–water partition coefficient (Wildman–Crippen LogP) is 1.10. The molecule has 1 saturated heterocycles. The molecule has 1 aliphatic rings. The van der Waals surface area contributed by atoms with Crippen molar-refractivity contribution in [3.63, 3.8) is 0 Å². The van der Waals surface area contributed by atoms with Crippen molar-refractivity contribution in [1.29, 1.82) is 0 Å². The number of rotatable bonds is 4. The summed E-state index contributed by atoms with van der Waals surface area (Å²) in [6.07, 6.45) is 0.900. The predicted molar refractivity (Wildman–Crippen MR) is 70.7 cm³/mol. The largest absolute Gasteiger partial charge is 0.379 e. The van der Waals surface area contributed by atoms with E-state index in [-0.39, 0.29) is 5.91 Å². The summed E-state index contributed by atoms with van der Waals surface area (Å²) in [7, 11) is 0. The first-order chi connectivity index (χ1) is 8.75. The minimum absolute atomic E-state index is 0.00766. The van der Waals surface area contributed by atoms with E-state index in [1.54, 1.807) is 0 Å². The molecule has 98 valence electrons. The Kier molecular flexibility index (Phi) is 4.73. The van der Waals surface area contributed by atoms with Crippen molar-refractivity contribution >= 4 is 5.91 Å². The third-order valence-corrected chi connectivity index (χ3v) is 3.09. The second kappa shape index (κ2) is 6.52. The van der Waals surface area contributed by atoms with Gasteiger partial charge in [0.25, 0.3) is 5.91 Å². The van der Waals surface area contributed by atoms with Crippen molar-refractivity contribution in [2.24, 2.45) is 0 Å². The zero-order valence-electron chi connectivity index (χ0n) is 10.7. The van der Waals surface area contributed by atoms with Crippen LogP contribution in [-0.2, 0) is 4.74 Å². The Labute approximate surface area is 108 Å². The average Bonchev–Trinajstić information content (AvgIpc) is 2.40. The Bertz CT molecular complexity index is 383. The minimum Gasteiger partial charge on any atom is -0.379 e. The van der Waals surface area contributed by atoms with E-state index in [2.05, 4.69) is 10.6 Å². The van der Waals surface area contributed by atoms with Gasteiger partial charge in [-0.3, -0.25) is 4.79 Å². The van der Waals surface area contributed by atoms with Gasteiger partial charge >= 0.3 is 0 Å². The van der Waals surface area contributed by atoms with Crippen LogP contribution in [0.5, 0.6) is 0 Å². The standard InChI is InChI=1S/C14H20N2O2/c1-11-2-4-12(5-3-11)14(17)16-7-6-13-10-18-9-8-15-13/h2-5,13,15H,6-10H2,1H3,(H,16,17). The van der Waals surface area contributed by atoms with Crippen molar-refractivity contribution < 1.29 is 9.53 Å². The molecule has 18 heavy (non-hydrogen) atoms. The second-order valence-electron chi connectivity index (χ2n) is 4.64. The van der Waals surface area contributed by atoms with E-state index in [0.717, 1.165) is 31.7 Å². The lowest BCUT2D eigenvalue weighted by atomic mass is 10.1. The van der Waals surface area contributed by atoms with E-state index >= 15 is 0 Å². The summed E-state index contributed by atoms with van der Waals surface area (Å²) in [5.41, 5.74) is 1.88. The van der Waals surface area contributed by atoms with Crippen LogP contribution < -0.4 is 10.6 Å². The number of morpholine rings is 1. The molecule has 1 unspecified atom stereocenters. The molecule has 0 aromatic heterocycles. The molecular weight excluding hydrogens is 228 g/mol. The average molecular weight is 248 g/mol. The molecule has 0 radical (unpaired) electrons. The van der Waals surface area contributed by atoms with Crippen LogP contribution in [-0.4, -0.2) is 38.3 Å². The van der Waals surface area contributed by atoms with Crippen molar-refractivity contribution in [3.05, 3.63) is 35.4 Å². The number of nitrogens with one attached hydrogen (secondary N) is 2. The molecule has 0 aliphatic carbocycles. The monoisotopic (exact) mass is 248 g/mol. The van der Waals surface area contributed by atoms with E-state index in [1.807, 2.05) is 31.2 Å². The molecule has 4 heteroatoms. The van der Waals surface area contributed by atoms with Crippen molar-refractivity contribution in [2.45, 2.75) is 19.4 Å². The highest BCUT2D eigenvalue weighted by molar-refractivity contribution is 5.94. The molecule has 1 fully saturated rings. The van der Waals surface area contributed by atoms with E-state index < -0.39 is 0 Å². The number of benzene rings is 1. The molecule has 1 amide bonds. The zero-order valence-corrected chi connectivity index (χ0v) is 10.7. The van der Waals surface area contributed by atoms with Crippen LogP contribution in [0.4, 0.5) is 0 Å². The molecule has 0 bridgehead atoms. The third-order valence-electron chi connectivity index (χ3n) is 3.09. The van der Waals surface area contributed by atoms with Crippen LogP contribution in [0.2, 0.25) is 0 Å². The highest BCUT2D eigenvalue weighted by atomic mass is 16.5. The number of hydrogen-bond donors (Lipinski definition) is 2. The number of carbonyl (C=O) groups excluding carboxylic acids is 1. The van der Waals surface area contributed by atoms with Crippen LogP contribution in [0.25, 0.3) is 0 Å². The van der Waals surface area contributed by atoms with Gasteiger partial charge in [0.15, 0.2) is 0 Å². The molecule has 0 spiro atoms. The second-order valence-corrected chi connectivity index (χ2v) is 4.64. The van der Waals surface area contributed by atoms with Gasteiger partial charge in [-0.05, 0) is 25.5 Å². The topological polar surface area (TPSA) is 50.4 Å². The summed E-state index contributed by atoms with van der Waals surface area (Å²) in [5, 5.41) is 6.29. The summed E-state index contributed by atoms with van der Waals surface area (Å²) < 4.78 is 5.36. The fourth-order valence-corrected chi connectivity index (χ4v) is 1.97. The van der Waals surface area contributed by atoms with E-state index in [4.69, 9.17) is 4.74 Å². The van der Waals surface area contributed by atoms with Crippen LogP contribution >= 0.6 is 0 Å². The van der Waals surface area contributed by atoms with Gasteiger partial charge in [-0.2, -0.15) is 0 Å². The Hall–Kier alpha value is -1.39. The molecule has 2 N–H and O–H groups in total. The Balaban J connectivity index is 1.72. The fourth-order valence-electron chi connectivity index (χ4n) is 1.97. The number of ether oxygens (including phenoxy) is 1. The molecule has 1 aliphatic heterocycles. The maximum Gasteiger partial charge on any atom is 0.251 e. The first-order valence-corrected chi connectivity index (χ1v) is 6.42. The summed E-state index contributed by atoms with van der Waals surface area (Å²) >= 11 is 0. The number of hydrogen-bond acceptors (Lipinski definition) is 3. The molecule has 1 heterocycles. The van der Waals surface area contributed by atoms with Gasteiger partial charge < -0.3 is 15.4 Å². The number of aryl methyl sites for hydroxylation is 1. The summed E-state index contributed by atoms with van der Waals surface area (Å²) in [6, 6.07) is 7.97. The van der Waals surface area contributed by atoms with Crippen molar-refractivity contribution in [1.82, 2.24) is 10.6 Å². The first kappa shape index (κ1) is 13.1. The van der Waals surface area contributed by atoms with Gasteiger partial charge in [0, 0.05) is 24.7 Å². The molecule has 0 saturated carbocycles. The normalized spacial score (nSPS) is 19.5. The van der Waals surface area contributed by atoms with Crippen molar-refractivity contribution in [3.8, 4) is 0 Å². The summed E-state index contributed by atoms with van der Waals surface area (Å²) in [6.45, 7) is 5.10. The van der Waals surface area contributed by atoms with Crippen LogP contribution in [0.1, 0.15) is 22.3 Å². The highest BCUT2D eigenvalue weighted by Crippen LogP contribution is 2.03. The quantitative estimate of drug-likeness (QED) is 0.839. The van der Waals surface area contributed by atoms with Crippen LogP contribution in [0.3, 0.4) is 0 Å². The molecule has 1 atom stereocenters. The third kappa shape index (κ3) is 3.82. The van der Waals surface area contributed by atoms with Crippen molar-refractivity contribution in [2.75, 3.05) is 26.3 Å². The molecule has 1 aromatic rings. The van der Waals surface area contributed by atoms with E-state index in [1.165, 1.54) is 0 Å². The van der Waals surface area contributed by atoms with Crippen LogP contribution in [0.15, 0.2) is 24.3 Å². The zero-order chi connectivity index (χ0) is 12.8. The van der Waals surface area contributed by atoms with Gasteiger partial charge in [-0.25, -0.2) is 0 Å². The smallest absolute Gasteiger partial charge is 0.251 e. The highest BCUT2D eigenvalue weighted by Gasteiger charge is 2.13. The minimum atomic E-state index is -0.00766. The lowest BCUT2D eigenvalue weighted by Crippen LogP contribution is -2.43. The Morgan fingerprint density at radius 3 is 2.89 bits per heavy atom. The maximum absolute atomic E-state index is 11.8. The molecular formula is C14H20N2O2. The fraction of sp³-hybridized carbons (Fsp3) is 0.500. The van der Waals surface area contributed by atoms with Crippen LogP contribution in [0, 0.1) is 6.92 Å². The van der Waals surface area contributed by atoms with Gasteiger partial charge in [-0.15, -0.1) is 0 Å². The Morgan fingerprint density at radius 1 is 1.44 bits per heavy atom. The molecule has 2 rings (SSSR count). The SMILES string of the molecule is Cc1ccc(C(=O)NCCC2COCCN2)cc1. The van der Waals surface area contributed by atoms with Gasteiger partial charge in [0.2, 0.25) is 0 Å². The lowest BCUT2D eigenvalue weighted by molar-refractivity contribution is 0.0733. The Morgan fingerprint density at radius 2 is 2.22 bits per heavy atom. The van der Waals surface area contributed by atoms with E-state index in [0.29, 0.717) is 18.2 Å². The van der Waals surface area contributed by atoms with Gasteiger partial charge in [-0.1, -0.05) is 17.7 Å². The number of carbonyl (C=O) groups is 1. The lowest BCUT2D eigenvalue weighted by Gasteiger charge is -2.23.